The van der Waals surface area contributed by atoms with Crippen LogP contribution in [0.2, 0.25) is 0 Å². The van der Waals surface area contributed by atoms with Crippen molar-refractivity contribution in [1.82, 2.24) is 15.2 Å². The number of amides is 1. The van der Waals surface area contributed by atoms with Crippen LogP contribution in [0.25, 0.3) is 0 Å². The van der Waals surface area contributed by atoms with Gasteiger partial charge in [0.05, 0.1) is 5.51 Å². The summed E-state index contributed by atoms with van der Waals surface area (Å²) in [6.45, 7) is 1.84. The molecule has 1 aliphatic rings. The summed E-state index contributed by atoms with van der Waals surface area (Å²) in [5.41, 5.74) is 2.22. The molecule has 2 atom stereocenters. The van der Waals surface area contributed by atoms with E-state index in [1.54, 1.807) is 22.2 Å². The van der Waals surface area contributed by atoms with Gasteiger partial charge in [-0.25, -0.2) is 4.98 Å². The summed E-state index contributed by atoms with van der Waals surface area (Å²) < 4.78 is 0. The molecule has 4 nitrogen and oxygen atoms in total. The van der Waals surface area contributed by atoms with E-state index < -0.39 is 0 Å². The van der Waals surface area contributed by atoms with Crippen molar-refractivity contribution in [1.29, 1.82) is 0 Å². The second-order valence-electron chi connectivity index (χ2n) is 5.43. The number of likely N-dealkylation sites (tertiary alicyclic amines) is 1. The number of piperidine rings is 1. The Bertz CT molecular complexity index is 568. The van der Waals surface area contributed by atoms with Crippen LogP contribution in [-0.2, 0) is 0 Å². The number of hydrogen-bond donors (Lipinski definition) is 1. The monoisotopic (exact) mass is 321 g/mol. The quantitative estimate of drug-likeness (QED) is 0.941. The molecule has 6 heteroatoms. The Kier molecular flexibility index (Phi) is 4.67. The van der Waals surface area contributed by atoms with E-state index in [4.69, 9.17) is 0 Å². The van der Waals surface area contributed by atoms with Gasteiger partial charge in [-0.05, 0) is 43.8 Å². The molecular formula is C15H19N3OS2. The van der Waals surface area contributed by atoms with Gasteiger partial charge in [0.15, 0.2) is 0 Å². The van der Waals surface area contributed by atoms with Gasteiger partial charge in [-0.15, -0.1) is 22.7 Å². The maximum absolute atomic E-state index is 12.0. The fourth-order valence-electron chi connectivity index (χ4n) is 3.02. The first-order valence-electron chi connectivity index (χ1n) is 7.15. The number of nitrogens with one attached hydrogen (secondary N) is 1. The summed E-state index contributed by atoms with van der Waals surface area (Å²) in [4.78, 5) is 19.9. The Morgan fingerprint density at radius 2 is 2.48 bits per heavy atom. The van der Waals surface area contributed by atoms with Gasteiger partial charge in [0.25, 0.3) is 5.91 Å². The summed E-state index contributed by atoms with van der Waals surface area (Å²) >= 11 is 3.25. The first kappa shape index (κ1) is 14.7. The summed E-state index contributed by atoms with van der Waals surface area (Å²) in [5, 5.41) is 6.97. The van der Waals surface area contributed by atoms with Crippen molar-refractivity contribution in [3.8, 4) is 0 Å². The van der Waals surface area contributed by atoms with Crippen LogP contribution < -0.4 is 5.32 Å². The number of hydrogen-bond acceptors (Lipinski definition) is 5. The Morgan fingerprint density at radius 3 is 3.19 bits per heavy atom. The number of thiazole rings is 1. The van der Waals surface area contributed by atoms with Crippen LogP contribution in [0.3, 0.4) is 0 Å². The van der Waals surface area contributed by atoms with Crippen LogP contribution >= 0.6 is 22.7 Å². The Morgan fingerprint density at radius 1 is 1.57 bits per heavy atom. The first-order valence-corrected chi connectivity index (χ1v) is 8.98. The smallest absolute Gasteiger partial charge is 0.270 e. The zero-order chi connectivity index (χ0) is 14.7. The number of carbonyl (C=O) groups excluding carboxylic acids is 1. The number of thiophene rings is 1. The van der Waals surface area contributed by atoms with Gasteiger partial charge in [0, 0.05) is 22.8 Å². The van der Waals surface area contributed by atoms with Crippen LogP contribution in [0.15, 0.2) is 28.4 Å². The van der Waals surface area contributed by atoms with E-state index in [0.29, 0.717) is 24.2 Å². The highest BCUT2D eigenvalue weighted by molar-refractivity contribution is 7.10. The van der Waals surface area contributed by atoms with Crippen molar-refractivity contribution in [2.24, 2.45) is 5.92 Å². The molecule has 1 aliphatic heterocycles. The lowest BCUT2D eigenvalue weighted by Gasteiger charge is -2.38. The van der Waals surface area contributed by atoms with Crippen molar-refractivity contribution in [2.75, 3.05) is 20.1 Å². The average Bonchev–Trinajstić information content (AvgIpc) is 3.17. The molecule has 1 N–H and O–H groups in total. The fourth-order valence-corrected chi connectivity index (χ4v) is 4.54. The lowest BCUT2D eigenvalue weighted by Crippen LogP contribution is -2.41. The average molecular weight is 321 g/mol. The van der Waals surface area contributed by atoms with Crippen molar-refractivity contribution < 1.29 is 4.79 Å². The van der Waals surface area contributed by atoms with Crippen molar-refractivity contribution >= 4 is 28.6 Å². The molecule has 0 aliphatic carbocycles. The molecule has 0 saturated carbocycles. The minimum absolute atomic E-state index is 0.0607. The third-order valence-corrected chi connectivity index (χ3v) is 5.56. The zero-order valence-electron chi connectivity index (χ0n) is 12.0. The van der Waals surface area contributed by atoms with E-state index in [1.165, 1.54) is 22.6 Å². The second-order valence-corrected chi connectivity index (χ2v) is 7.12. The molecule has 0 bridgehead atoms. The number of nitrogens with zero attached hydrogens (tertiary/aromatic N) is 2. The van der Waals surface area contributed by atoms with E-state index in [0.717, 1.165) is 13.0 Å². The summed E-state index contributed by atoms with van der Waals surface area (Å²) in [5.74, 6) is 0.402. The van der Waals surface area contributed by atoms with Gasteiger partial charge in [0.1, 0.15) is 5.69 Å². The molecule has 3 heterocycles. The standard InChI is InChI=1S/C15H19N3OS2/c1-18-6-2-4-11(14(18)13-5-3-7-21-13)8-16-15(19)12-9-20-10-17-12/h3,5,7,9-11,14H,2,4,6,8H2,1H3,(H,16,19)/t11-,14+/m0/s1. The highest BCUT2D eigenvalue weighted by Crippen LogP contribution is 2.36. The zero-order valence-corrected chi connectivity index (χ0v) is 13.6. The lowest BCUT2D eigenvalue weighted by molar-refractivity contribution is 0.0891. The Hall–Kier alpha value is -1.24. The van der Waals surface area contributed by atoms with Crippen LogP contribution in [-0.4, -0.2) is 35.9 Å². The molecular weight excluding hydrogens is 302 g/mol. The molecule has 21 heavy (non-hydrogen) atoms. The molecule has 0 unspecified atom stereocenters. The van der Waals surface area contributed by atoms with E-state index in [1.807, 2.05) is 0 Å². The summed E-state index contributed by atoms with van der Waals surface area (Å²) in [6, 6.07) is 4.72. The summed E-state index contributed by atoms with van der Waals surface area (Å²) in [7, 11) is 2.18. The van der Waals surface area contributed by atoms with E-state index >= 15 is 0 Å². The SMILES string of the molecule is CN1CCC[C@@H](CNC(=O)c2cscn2)[C@@H]1c1cccs1. The van der Waals surface area contributed by atoms with Gasteiger partial charge in [-0.2, -0.15) is 0 Å². The molecule has 112 valence electrons. The molecule has 0 radical (unpaired) electrons. The summed E-state index contributed by atoms with van der Waals surface area (Å²) in [6.07, 6.45) is 2.35. The van der Waals surface area contributed by atoms with Crippen molar-refractivity contribution in [3.63, 3.8) is 0 Å². The highest BCUT2D eigenvalue weighted by Gasteiger charge is 2.31. The minimum atomic E-state index is -0.0607. The van der Waals surface area contributed by atoms with Gasteiger partial charge < -0.3 is 5.32 Å². The van der Waals surface area contributed by atoms with Crippen molar-refractivity contribution in [2.45, 2.75) is 18.9 Å². The van der Waals surface area contributed by atoms with Crippen LogP contribution in [0, 0.1) is 5.92 Å². The predicted octanol–water partition coefficient (Wildman–Crippen LogP) is 3.02. The highest BCUT2D eigenvalue weighted by atomic mass is 32.1. The molecule has 2 aromatic rings. The topological polar surface area (TPSA) is 45.2 Å². The van der Waals surface area contributed by atoms with E-state index in [-0.39, 0.29) is 5.91 Å². The molecule has 1 fully saturated rings. The van der Waals surface area contributed by atoms with Gasteiger partial charge >= 0.3 is 0 Å². The molecule has 1 amide bonds. The molecule has 0 spiro atoms. The molecule has 2 aromatic heterocycles. The predicted molar refractivity (Wildman–Crippen MR) is 86.9 cm³/mol. The third kappa shape index (κ3) is 3.33. The maximum atomic E-state index is 12.0. The number of rotatable bonds is 4. The molecule has 3 rings (SSSR count). The molecule has 0 aromatic carbocycles. The fraction of sp³-hybridized carbons (Fsp3) is 0.467. The Labute approximate surface area is 132 Å². The number of aromatic nitrogens is 1. The van der Waals surface area contributed by atoms with Crippen LogP contribution in [0.1, 0.15) is 34.2 Å². The largest absolute Gasteiger partial charge is 0.350 e. The third-order valence-electron chi connectivity index (χ3n) is 4.03. The van der Waals surface area contributed by atoms with Gasteiger partial charge in [-0.1, -0.05) is 6.07 Å². The molecule has 1 saturated heterocycles. The number of carbonyl (C=O) groups is 1. The van der Waals surface area contributed by atoms with Gasteiger partial charge in [-0.3, -0.25) is 9.69 Å². The first-order chi connectivity index (χ1) is 10.3. The van der Waals surface area contributed by atoms with Crippen molar-refractivity contribution in [3.05, 3.63) is 39.0 Å². The maximum Gasteiger partial charge on any atom is 0.270 e. The Balaban J connectivity index is 1.66. The van der Waals surface area contributed by atoms with Crippen LogP contribution in [0.5, 0.6) is 0 Å². The normalized spacial score (nSPS) is 23.1. The minimum Gasteiger partial charge on any atom is -0.350 e. The lowest BCUT2D eigenvalue weighted by atomic mass is 9.88. The van der Waals surface area contributed by atoms with Gasteiger partial charge in [0.2, 0.25) is 0 Å². The van der Waals surface area contributed by atoms with Crippen LogP contribution in [0.4, 0.5) is 0 Å². The van der Waals surface area contributed by atoms with E-state index in [2.05, 4.69) is 39.8 Å². The second kappa shape index (κ2) is 6.68. The van der Waals surface area contributed by atoms with E-state index in [9.17, 15) is 4.79 Å².